The third kappa shape index (κ3) is 3.91. The summed E-state index contributed by atoms with van der Waals surface area (Å²) < 4.78 is 18.9. The number of methoxy groups -OCH3 is 1. The second-order valence-electron chi connectivity index (χ2n) is 6.79. The zero-order valence-electron chi connectivity index (χ0n) is 16.0. The molecule has 0 aromatic heterocycles. The number of nitrogens with zero attached hydrogens (tertiary/aromatic N) is 2. The van der Waals surface area contributed by atoms with Crippen molar-refractivity contribution in [2.45, 2.75) is 12.5 Å². The third-order valence-corrected chi connectivity index (χ3v) is 5.50. The Morgan fingerprint density at radius 2 is 1.83 bits per heavy atom. The van der Waals surface area contributed by atoms with Crippen LogP contribution in [0.1, 0.15) is 33.9 Å². The number of amides is 1. The molecule has 0 radical (unpaired) electrons. The Hall–Kier alpha value is -2.89. The molecule has 3 aromatic rings. The van der Waals surface area contributed by atoms with Gasteiger partial charge in [0.1, 0.15) is 11.6 Å². The maximum atomic E-state index is 13.4. The smallest absolute Gasteiger partial charge is 0.276 e. The number of para-hydroxylation sites is 1. The van der Waals surface area contributed by atoms with Gasteiger partial charge in [0.05, 0.1) is 29.4 Å². The lowest BCUT2D eigenvalue weighted by Crippen LogP contribution is -2.27. The molecular formula is C23H17Cl2FN2O2. The Labute approximate surface area is 183 Å². The van der Waals surface area contributed by atoms with Gasteiger partial charge in [-0.1, -0.05) is 53.5 Å². The summed E-state index contributed by atoms with van der Waals surface area (Å²) in [6, 6.07) is 17.8. The fourth-order valence-electron chi connectivity index (χ4n) is 3.48. The first-order valence-corrected chi connectivity index (χ1v) is 9.98. The number of halogens is 3. The van der Waals surface area contributed by atoms with Crippen LogP contribution in [-0.4, -0.2) is 23.7 Å². The van der Waals surface area contributed by atoms with Crippen molar-refractivity contribution in [2.24, 2.45) is 5.10 Å². The second-order valence-corrected chi connectivity index (χ2v) is 7.63. The first-order valence-electron chi connectivity index (χ1n) is 9.23. The van der Waals surface area contributed by atoms with Gasteiger partial charge in [-0.15, -0.1) is 0 Å². The van der Waals surface area contributed by atoms with E-state index in [4.69, 9.17) is 27.9 Å². The summed E-state index contributed by atoms with van der Waals surface area (Å²) in [6.07, 6.45) is 0.447. The largest absolute Gasteiger partial charge is 0.496 e. The Balaban J connectivity index is 1.78. The van der Waals surface area contributed by atoms with E-state index in [-0.39, 0.29) is 16.7 Å². The molecule has 1 amide bonds. The predicted octanol–water partition coefficient (Wildman–Crippen LogP) is 6.13. The van der Waals surface area contributed by atoms with Gasteiger partial charge < -0.3 is 4.74 Å². The van der Waals surface area contributed by atoms with Gasteiger partial charge in [0.25, 0.3) is 5.91 Å². The zero-order chi connectivity index (χ0) is 21.3. The molecule has 7 heteroatoms. The first kappa shape index (κ1) is 20.4. The summed E-state index contributed by atoms with van der Waals surface area (Å²) in [7, 11) is 1.58. The van der Waals surface area contributed by atoms with Crippen molar-refractivity contribution in [3.63, 3.8) is 0 Å². The van der Waals surface area contributed by atoms with Crippen LogP contribution in [0.15, 0.2) is 71.8 Å². The van der Waals surface area contributed by atoms with E-state index in [0.29, 0.717) is 28.5 Å². The molecule has 152 valence electrons. The summed E-state index contributed by atoms with van der Waals surface area (Å²) in [5.41, 5.74) is 2.53. The minimum Gasteiger partial charge on any atom is -0.496 e. The molecule has 0 aliphatic carbocycles. The highest BCUT2D eigenvalue weighted by Crippen LogP contribution is 2.39. The lowest BCUT2D eigenvalue weighted by Gasteiger charge is -2.24. The summed E-state index contributed by atoms with van der Waals surface area (Å²) in [5.74, 6) is -0.0396. The number of hydrogen-bond donors (Lipinski definition) is 0. The average molecular weight is 443 g/mol. The number of hydrogen-bond acceptors (Lipinski definition) is 3. The Morgan fingerprint density at radius 3 is 2.53 bits per heavy atom. The first-order chi connectivity index (χ1) is 14.5. The Morgan fingerprint density at radius 1 is 1.10 bits per heavy atom. The van der Waals surface area contributed by atoms with E-state index in [9.17, 15) is 9.18 Å². The fourth-order valence-corrected chi connectivity index (χ4v) is 3.97. The lowest BCUT2D eigenvalue weighted by atomic mass is 9.97. The molecule has 1 atom stereocenters. The van der Waals surface area contributed by atoms with Gasteiger partial charge in [0.2, 0.25) is 0 Å². The number of hydrazone groups is 1. The van der Waals surface area contributed by atoms with Crippen LogP contribution in [-0.2, 0) is 0 Å². The number of carbonyl (C=O) groups excluding carboxylic acids is 1. The lowest BCUT2D eigenvalue weighted by molar-refractivity contribution is 0.0709. The van der Waals surface area contributed by atoms with Gasteiger partial charge in [0.15, 0.2) is 0 Å². The van der Waals surface area contributed by atoms with Gasteiger partial charge in [-0.2, -0.15) is 5.10 Å². The topological polar surface area (TPSA) is 41.9 Å². The molecule has 0 fully saturated rings. The van der Waals surface area contributed by atoms with Gasteiger partial charge in [-0.3, -0.25) is 4.79 Å². The third-order valence-electron chi connectivity index (χ3n) is 4.96. The number of benzene rings is 3. The highest BCUT2D eigenvalue weighted by atomic mass is 35.5. The molecule has 1 aliphatic heterocycles. The van der Waals surface area contributed by atoms with Crippen molar-refractivity contribution in [1.29, 1.82) is 0 Å². The second kappa shape index (κ2) is 8.46. The van der Waals surface area contributed by atoms with Crippen molar-refractivity contribution in [1.82, 2.24) is 5.01 Å². The molecule has 4 rings (SSSR count). The van der Waals surface area contributed by atoms with Gasteiger partial charge >= 0.3 is 0 Å². The maximum absolute atomic E-state index is 13.4. The Kier molecular flexibility index (Phi) is 5.75. The summed E-state index contributed by atoms with van der Waals surface area (Å²) in [5, 5.41) is 6.69. The monoisotopic (exact) mass is 442 g/mol. The average Bonchev–Trinajstić information content (AvgIpc) is 3.19. The molecule has 4 nitrogen and oxygen atoms in total. The van der Waals surface area contributed by atoms with Crippen LogP contribution in [0.5, 0.6) is 5.75 Å². The highest BCUT2D eigenvalue weighted by molar-refractivity contribution is 6.36. The molecule has 0 saturated carbocycles. The molecule has 0 bridgehead atoms. The molecule has 0 saturated heterocycles. The van der Waals surface area contributed by atoms with Crippen LogP contribution in [0.3, 0.4) is 0 Å². The molecule has 0 spiro atoms. The van der Waals surface area contributed by atoms with E-state index in [2.05, 4.69) is 5.10 Å². The summed E-state index contributed by atoms with van der Waals surface area (Å²) in [6.45, 7) is 0. The number of ether oxygens (including phenoxy) is 1. The normalized spacial score (nSPS) is 15.8. The minimum absolute atomic E-state index is 0.247. The van der Waals surface area contributed by atoms with Crippen LogP contribution in [0.25, 0.3) is 0 Å². The van der Waals surface area contributed by atoms with Gasteiger partial charge in [-0.05, 0) is 42.0 Å². The standard InChI is InChI=1S/C23H17Cl2FN2O2/c1-30-22-5-3-2-4-18(22)21-13-20(14-6-9-16(26)10-7-14)27-28(21)23(29)17-11-8-15(24)12-19(17)25/h2-12,21H,13H2,1H3. The van der Waals surface area contributed by atoms with Crippen molar-refractivity contribution >= 4 is 34.8 Å². The van der Waals surface area contributed by atoms with Crippen LogP contribution in [0.4, 0.5) is 4.39 Å². The number of rotatable bonds is 4. The summed E-state index contributed by atoms with van der Waals surface area (Å²) in [4.78, 5) is 13.4. The predicted molar refractivity (Wildman–Crippen MR) is 116 cm³/mol. The zero-order valence-corrected chi connectivity index (χ0v) is 17.5. The SMILES string of the molecule is COc1ccccc1C1CC(c2ccc(F)cc2)=NN1C(=O)c1ccc(Cl)cc1Cl. The van der Waals surface area contributed by atoms with Crippen molar-refractivity contribution in [3.05, 3.63) is 99.3 Å². The van der Waals surface area contributed by atoms with Crippen LogP contribution in [0.2, 0.25) is 10.0 Å². The van der Waals surface area contributed by atoms with Crippen LogP contribution >= 0.6 is 23.2 Å². The van der Waals surface area contributed by atoms with Crippen molar-refractivity contribution in [3.8, 4) is 5.75 Å². The quantitative estimate of drug-likeness (QED) is 0.487. The Bertz CT molecular complexity index is 1130. The summed E-state index contributed by atoms with van der Waals surface area (Å²) >= 11 is 12.3. The van der Waals surface area contributed by atoms with E-state index >= 15 is 0 Å². The van der Waals surface area contributed by atoms with Gasteiger partial charge in [0, 0.05) is 17.0 Å². The van der Waals surface area contributed by atoms with E-state index in [1.165, 1.54) is 23.2 Å². The number of carbonyl (C=O) groups is 1. The van der Waals surface area contributed by atoms with Crippen LogP contribution < -0.4 is 4.74 Å². The molecule has 30 heavy (non-hydrogen) atoms. The van der Waals surface area contributed by atoms with E-state index < -0.39 is 6.04 Å². The minimum atomic E-state index is -0.402. The van der Waals surface area contributed by atoms with Crippen molar-refractivity contribution in [2.75, 3.05) is 7.11 Å². The molecule has 3 aromatic carbocycles. The van der Waals surface area contributed by atoms with Crippen molar-refractivity contribution < 1.29 is 13.9 Å². The van der Waals surface area contributed by atoms with Crippen LogP contribution in [0, 0.1) is 5.82 Å². The highest BCUT2D eigenvalue weighted by Gasteiger charge is 2.35. The van der Waals surface area contributed by atoms with E-state index in [0.717, 1.165) is 11.1 Å². The van der Waals surface area contributed by atoms with Gasteiger partial charge in [-0.25, -0.2) is 9.40 Å². The van der Waals surface area contributed by atoms with E-state index in [1.807, 2.05) is 24.3 Å². The molecular weight excluding hydrogens is 426 g/mol. The maximum Gasteiger partial charge on any atom is 0.276 e. The molecule has 1 unspecified atom stereocenters. The van der Waals surface area contributed by atoms with E-state index in [1.54, 1.807) is 31.4 Å². The molecule has 1 aliphatic rings. The molecule has 0 N–H and O–H groups in total. The molecule has 1 heterocycles. The fraction of sp³-hybridized carbons (Fsp3) is 0.130.